The van der Waals surface area contributed by atoms with E-state index in [1.54, 1.807) is 12.1 Å². The van der Waals surface area contributed by atoms with Gasteiger partial charge in [-0.1, -0.05) is 31.0 Å². The Hall–Kier alpha value is -1.42. The number of halogens is 1. The number of carbonyl (C=O) groups is 1. The molecule has 0 heterocycles. The third-order valence-electron chi connectivity index (χ3n) is 2.73. The molecule has 1 unspecified atom stereocenters. The van der Waals surface area contributed by atoms with Crippen molar-refractivity contribution in [3.05, 3.63) is 35.6 Å². The van der Waals surface area contributed by atoms with Crippen LogP contribution < -0.4 is 0 Å². The smallest absolute Gasteiger partial charge is 0.311 e. The van der Waals surface area contributed by atoms with Gasteiger partial charge in [-0.15, -0.1) is 0 Å². The van der Waals surface area contributed by atoms with Crippen LogP contribution in [0.5, 0.6) is 0 Å². The lowest BCUT2D eigenvalue weighted by Gasteiger charge is -2.13. The van der Waals surface area contributed by atoms with E-state index in [0.717, 1.165) is 6.42 Å². The first kappa shape index (κ1) is 13.6. The van der Waals surface area contributed by atoms with Crippen molar-refractivity contribution in [2.45, 2.75) is 31.6 Å². The van der Waals surface area contributed by atoms with Crippen molar-refractivity contribution in [2.24, 2.45) is 0 Å². The van der Waals surface area contributed by atoms with Gasteiger partial charge in [0.05, 0.1) is 5.92 Å². The lowest BCUT2D eigenvalue weighted by atomic mass is 9.93. The maximum atomic E-state index is 13.5. The van der Waals surface area contributed by atoms with Crippen molar-refractivity contribution in [3.63, 3.8) is 0 Å². The summed E-state index contributed by atoms with van der Waals surface area (Å²) < 4.78 is 13.5. The van der Waals surface area contributed by atoms with Crippen LogP contribution in [0, 0.1) is 5.82 Å². The van der Waals surface area contributed by atoms with Crippen LogP contribution in [0.1, 0.15) is 37.2 Å². The van der Waals surface area contributed by atoms with E-state index in [0.29, 0.717) is 19.3 Å². The fraction of sp³-hybridized carbons (Fsp3) is 0.462. The normalized spacial score (nSPS) is 12.4. The van der Waals surface area contributed by atoms with Gasteiger partial charge in [-0.2, -0.15) is 0 Å². The topological polar surface area (TPSA) is 57.5 Å². The summed E-state index contributed by atoms with van der Waals surface area (Å²) in [6.07, 6.45) is 2.49. The van der Waals surface area contributed by atoms with Gasteiger partial charge >= 0.3 is 5.97 Å². The number of carboxylic acid groups (broad SMARTS) is 1. The van der Waals surface area contributed by atoms with Gasteiger partial charge in [0.25, 0.3) is 0 Å². The Morgan fingerprint density at radius 1 is 1.24 bits per heavy atom. The molecule has 0 saturated heterocycles. The molecule has 0 amide bonds. The van der Waals surface area contributed by atoms with Gasteiger partial charge in [-0.3, -0.25) is 4.79 Å². The second-order valence-electron chi connectivity index (χ2n) is 3.99. The Morgan fingerprint density at radius 3 is 2.53 bits per heavy atom. The summed E-state index contributed by atoms with van der Waals surface area (Å²) in [7, 11) is 0. The van der Waals surface area contributed by atoms with E-state index in [9.17, 15) is 9.18 Å². The molecule has 1 rings (SSSR count). The lowest BCUT2D eigenvalue weighted by Crippen LogP contribution is -2.13. The van der Waals surface area contributed by atoms with Gasteiger partial charge < -0.3 is 10.2 Å². The van der Waals surface area contributed by atoms with E-state index in [-0.39, 0.29) is 12.2 Å². The number of rotatable bonds is 7. The van der Waals surface area contributed by atoms with Gasteiger partial charge in [0.1, 0.15) is 5.82 Å². The molecule has 17 heavy (non-hydrogen) atoms. The molecule has 0 aliphatic heterocycles. The summed E-state index contributed by atoms with van der Waals surface area (Å²) in [4.78, 5) is 11.1. The zero-order valence-electron chi connectivity index (χ0n) is 9.60. The molecule has 0 saturated carbocycles. The summed E-state index contributed by atoms with van der Waals surface area (Å²) in [6.45, 7) is 0.109. The SMILES string of the molecule is O=C(O)C(CCCCCO)c1ccccc1F. The third-order valence-corrected chi connectivity index (χ3v) is 2.73. The van der Waals surface area contributed by atoms with Crippen LogP contribution in [0.3, 0.4) is 0 Å². The Morgan fingerprint density at radius 2 is 1.94 bits per heavy atom. The first-order chi connectivity index (χ1) is 8.16. The van der Waals surface area contributed by atoms with Crippen LogP contribution in [0.4, 0.5) is 4.39 Å². The first-order valence-electron chi connectivity index (χ1n) is 5.75. The maximum absolute atomic E-state index is 13.5. The second-order valence-corrected chi connectivity index (χ2v) is 3.99. The highest BCUT2D eigenvalue weighted by Gasteiger charge is 2.22. The van der Waals surface area contributed by atoms with Crippen LogP contribution in [-0.2, 0) is 4.79 Å². The largest absolute Gasteiger partial charge is 0.481 e. The van der Waals surface area contributed by atoms with Crippen LogP contribution in [0.25, 0.3) is 0 Å². The number of unbranched alkanes of at least 4 members (excludes halogenated alkanes) is 2. The highest BCUT2D eigenvalue weighted by molar-refractivity contribution is 5.76. The molecule has 0 fully saturated rings. The summed E-state index contributed by atoms with van der Waals surface area (Å²) in [5.41, 5.74) is 0.240. The van der Waals surface area contributed by atoms with Crippen LogP contribution >= 0.6 is 0 Å². The molecule has 3 nitrogen and oxygen atoms in total. The highest BCUT2D eigenvalue weighted by atomic mass is 19.1. The Labute approximate surface area is 99.9 Å². The zero-order valence-corrected chi connectivity index (χ0v) is 9.60. The Bertz CT molecular complexity index is 365. The quantitative estimate of drug-likeness (QED) is 0.720. The van der Waals surface area contributed by atoms with Crippen molar-refractivity contribution in [1.82, 2.24) is 0 Å². The van der Waals surface area contributed by atoms with E-state index >= 15 is 0 Å². The fourth-order valence-electron chi connectivity index (χ4n) is 1.81. The fourth-order valence-corrected chi connectivity index (χ4v) is 1.81. The molecule has 0 radical (unpaired) electrons. The number of carboxylic acids is 1. The predicted octanol–water partition coefficient (Wildman–Crippen LogP) is 2.55. The lowest BCUT2D eigenvalue weighted by molar-refractivity contribution is -0.139. The van der Waals surface area contributed by atoms with E-state index in [1.165, 1.54) is 12.1 Å². The average Bonchev–Trinajstić information content (AvgIpc) is 2.30. The van der Waals surface area contributed by atoms with Crippen LogP contribution in [0.2, 0.25) is 0 Å². The molecular formula is C13H17FO3. The van der Waals surface area contributed by atoms with Crippen LogP contribution in [-0.4, -0.2) is 22.8 Å². The van der Waals surface area contributed by atoms with Crippen molar-refractivity contribution < 1.29 is 19.4 Å². The van der Waals surface area contributed by atoms with Crippen molar-refractivity contribution in [2.75, 3.05) is 6.61 Å². The van der Waals surface area contributed by atoms with Gasteiger partial charge in [0, 0.05) is 12.2 Å². The summed E-state index contributed by atoms with van der Waals surface area (Å²) in [6, 6.07) is 5.98. The van der Waals surface area contributed by atoms with Gasteiger partial charge in [0.15, 0.2) is 0 Å². The van der Waals surface area contributed by atoms with E-state index < -0.39 is 17.7 Å². The molecule has 0 aliphatic rings. The van der Waals surface area contributed by atoms with Crippen LogP contribution in [0.15, 0.2) is 24.3 Å². The van der Waals surface area contributed by atoms with E-state index in [2.05, 4.69) is 0 Å². The molecule has 0 aromatic heterocycles. The first-order valence-corrected chi connectivity index (χ1v) is 5.75. The molecule has 1 aromatic carbocycles. The minimum absolute atomic E-state index is 0.109. The number of hydrogen-bond donors (Lipinski definition) is 2. The predicted molar refractivity (Wildman–Crippen MR) is 62.3 cm³/mol. The van der Waals surface area contributed by atoms with E-state index in [4.69, 9.17) is 10.2 Å². The van der Waals surface area contributed by atoms with Gasteiger partial charge in [0.2, 0.25) is 0 Å². The Kier molecular flexibility index (Phi) is 5.63. The van der Waals surface area contributed by atoms with E-state index in [1.807, 2.05) is 0 Å². The van der Waals surface area contributed by atoms with Gasteiger partial charge in [-0.05, 0) is 18.9 Å². The molecular weight excluding hydrogens is 223 g/mol. The number of benzene rings is 1. The molecule has 94 valence electrons. The number of aliphatic hydroxyl groups excluding tert-OH is 1. The summed E-state index contributed by atoms with van der Waals surface area (Å²) >= 11 is 0. The molecule has 2 N–H and O–H groups in total. The van der Waals surface area contributed by atoms with Crippen molar-refractivity contribution in [3.8, 4) is 0 Å². The van der Waals surface area contributed by atoms with Gasteiger partial charge in [-0.25, -0.2) is 4.39 Å². The van der Waals surface area contributed by atoms with Crippen molar-refractivity contribution >= 4 is 5.97 Å². The molecule has 1 aromatic rings. The molecule has 0 bridgehead atoms. The molecule has 0 aliphatic carbocycles. The standard InChI is InChI=1S/C13H17FO3/c14-12-8-4-3-6-10(12)11(13(16)17)7-2-1-5-9-15/h3-4,6,8,11,15H,1-2,5,7,9H2,(H,16,17). The minimum atomic E-state index is -1.00. The monoisotopic (exact) mass is 240 g/mol. The molecule has 1 atom stereocenters. The molecule has 0 spiro atoms. The zero-order chi connectivity index (χ0) is 12.7. The second kappa shape index (κ2) is 7.01. The number of aliphatic hydroxyl groups is 1. The summed E-state index contributed by atoms with van der Waals surface area (Å²) in [5, 5.41) is 17.7. The maximum Gasteiger partial charge on any atom is 0.311 e. The highest BCUT2D eigenvalue weighted by Crippen LogP contribution is 2.25. The third kappa shape index (κ3) is 4.15. The number of hydrogen-bond acceptors (Lipinski definition) is 2. The summed E-state index contributed by atoms with van der Waals surface area (Å²) in [5.74, 6) is -2.27. The number of aliphatic carboxylic acids is 1. The minimum Gasteiger partial charge on any atom is -0.481 e. The molecule has 4 heteroatoms. The van der Waals surface area contributed by atoms with Crippen molar-refractivity contribution in [1.29, 1.82) is 0 Å². The Balaban J connectivity index is 2.66. The average molecular weight is 240 g/mol.